The molecule has 1 heterocycles. The molecule has 0 saturated heterocycles. The zero-order valence-electron chi connectivity index (χ0n) is 8.92. The first-order chi connectivity index (χ1) is 7.76. The van der Waals surface area contributed by atoms with E-state index in [9.17, 15) is 9.70 Å². The topological polar surface area (TPSA) is 59.0 Å². The number of nitroso groups, excluding NO2 is 1. The molecule has 1 aromatic carbocycles. The molecule has 1 atom stereocenters. The monoisotopic (exact) mass is 220 g/mol. The summed E-state index contributed by atoms with van der Waals surface area (Å²) in [7, 11) is 1.31. The molecule has 0 N–H and O–H groups in total. The number of carbonyl (C=O) groups is 1. The van der Waals surface area contributed by atoms with Gasteiger partial charge in [0.15, 0.2) is 6.04 Å². The zero-order valence-corrected chi connectivity index (χ0v) is 8.92. The summed E-state index contributed by atoms with van der Waals surface area (Å²) in [4.78, 5) is 22.2. The molecule has 1 unspecified atom stereocenters. The van der Waals surface area contributed by atoms with Gasteiger partial charge in [-0.25, -0.2) is 9.80 Å². The van der Waals surface area contributed by atoms with E-state index in [0.717, 1.165) is 11.1 Å². The van der Waals surface area contributed by atoms with Crippen LogP contribution in [0.3, 0.4) is 0 Å². The molecule has 1 aromatic rings. The Labute approximate surface area is 93.0 Å². The average molecular weight is 220 g/mol. The Bertz CT molecular complexity index is 419. The van der Waals surface area contributed by atoms with Crippen LogP contribution in [0.1, 0.15) is 11.1 Å². The molecule has 1 aliphatic heterocycles. The van der Waals surface area contributed by atoms with E-state index < -0.39 is 12.0 Å². The molecule has 0 radical (unpaired) electrons. The van der Waals surface area contributed by atoms with Crippen molar-refractivity contribution in [3.05, 3.63) is 40.3 Å². The van der Waals surface area contributed by atoms with Crippen LogP contribution in [0.2, 0.25) is 0 Å². The molecule has 16 heavy (non-hydrogen) atoms. The van der Waals surface area contributed by atoms with Crippen molar-refractivity contribution in [1.82, 2.24) is 5.01 Å². The van der Waals surface area contributed by atoms with Crippen molar-refractivity contribution in [3.63, 3.8) is 0 Å². The predicted octanol–water partition coefficient (Wildman–Crippen LogP) is 1.27. The van der Waals surface area contributed by atoms with E-state index in [2.05, 4.69) is 10.0 Å². The quantitative estimate of drug-likeness (QED) is 0.556. The lowest BCUT2D eigenvalue weighted by atomic mass is 9.95. The van der Waals surface area contributed by atoms with Crippen LogP contribution in [-0.4, -0.2) is 24.1 Å². The molecule has 0 fully saturated rings. The standard InChI is InChI=1S/C11H12N2O3/c1-16-11(14)10-6-8-4-2-3-5-9(8)7-13(10)12-15/h2-5,10H,6-7H2,1H3. The first kappa shape index (κ1) is 10.6. The van der Waals surface area contributed by atoms with Crippen molar-refractivity contribution >= 4 is 5.97 Å². The van der Waals surface area contributed by atoms with Gasteiger partial charge in [-0.2, -0.15) is 0 Å². The van der Waals surface area contributed by atoms with Crippen molar-refractivity contribution in [3.8, 4) is 0 Å². The first-order valence-corrected chi connectivity index (χ1v) is 5.00. The number of fused-ring (bicyclic) bond motifs is 1. The van der Waals surface area contributed by atoms with Gasteiger partial charge in [-0.05, 0) is 11.1 Å². The average Bonchev–Trinajstić information content (AvgIpc) is 2.36. The fourth-order valence-corrected chi connectivity index (χ4v) is 1.94. The summed E-state index contributed by atoms with van der Waals surface area (Å²) in [6, 6.07) is 7.10. The second-order valence-electron chi connectivity index (χ2n) is 3.69. The molecular weight excluding hydrogens is 208 g/mol. The van der Waals surface area contributed by atoms with Crippen LogP contribution < -0.4 is 0 Å². The number of nitrogens with zero attached hydrogens (tertiary/aromatic N) is 2. The van der Waals surface area contributed by atoms with Gasteiger partial charge in [-0.15, -0.1) is 4.91 Å². The highest BCUT2D eigenvalue weighted by molar-refractivity contribution is 5.76. The van der Waals surface area contributed by atoms with Crippen LogP contribution in [0, 0.1) is 4.91 Å². The lowest BCUT2D eigenvalue weighted by molar-refractivity contribution is -0.147. The molecule has 0 aliphatic carbocycles. The largest absolute Gasteiger partial charge is 0.467 e. The molecule has 0 bridgehead atoms. The van der Waals surface area contributed by atoms with Gasteiger partial charge < -0.3 is 4.74 Å². The molecule has 0 spiro atoms. The minimum absolute atomic E-state index is 0.361. The summed E-state index contributed by atoms with van der Waals surface area (Å²) in [6.45, 7) is 0.361. The van der Waals surface area contributed by atoms with Crippen molar-refractivity contribution in [2.45, 2.75) is 19.0 Å². The maximum absolute atomic E-state index is 11.5. The van der Waals surface area contributed by atoms with E-state index in [1.54, 1.807) is 0 Å². The molecule has 5 nitrogen and oxygen atoms in total. The van der Waals surface area contributed by atoms with Crippen molar-refractivity contribution in [2.75, 3.05) is 7.11 Å². The van der Waals surface area contributed by atoms with Crippen LogP contribution >= 0.6 is 0 Å². The maximum atomic E-state index is 11.5. The molecular formula is C11H12N2O3. The lowest BCUT2D eigenvalue weighted by Gasteiger charge is -2.30. The van der Waals surface area contributed by atoms with Crippen molar-refractivity contribution in [1.29, 1.82) is 0 Å². The number of rotatable bonds is 2. The maximum Gasteiger partial charge on any atom is 0.330 e. The minimum Gasteiger partial charge on any atom is -0.467 e. The van der Waals surface area contributed by atoms with Crippen LogP contribution in [-0.2, 0) is 22.5 Å². The molecule has 1 aliphatic rings. The van der Waals surface area contributed by atoms with Gasteiger partial charge in [0.05, 0.1) is 18.9 Å². The Morgan fingerprint density at radius 2 is 2.12 bits per heavy atom. The number of hydrogen-bond donors (Lipinski definition) is 0. The Morgan fingerprint density at radius 1 is 1.44 bits per heavy atom. The Kier molecular flexibility index (Phi) is 2.85. The van der Waals surface area contributed by atoms with Gasteiger partial charge in [0.25, 0.3) is 0 Å². The highest BCUT2D eigenvalue weighted by atomic mass is 16.5. The molecule has 2 rings (SSSR count). The van der Waals surface area contributed by atoms with Gasteiger partial charge >= 0.3 is 5.97 Å². The Morgan fingerprint density at radius 3 is 2.75 bits per heavy atom. The lowest BCUT2D eigenvalue weighted by Crippen LogP contribution is -2.42. The zero-order chi connectivity index (χ0) is 11.5. The van der Waals surface area contributed by atoms with Crippen LogP contribution in [0.25, 0.3) is 0 Å². The molecule has 0 saturated carbocycles. The van der Waals surface area contributed by atoms with Gasteiger partial charge in [-0.1, -0.05) is 24.3 Å². The van der Waals surface area contributed by atoms with Gasteiger partial charge in [0.2, 0.25) is 0 Å². The number of carbonyl (C=O) groups excluding carboxylic acids is 1. The number of benzene rings is 1. The Balaban J connectivity index is 2.30. The first-order valence-electron chi connectivity index (χ1n) is 5.00. The third-order valence-corrected chi connectivity index (χ3v) is 2.80. The summed E-state index contributed by atoms with van der Waals surface area (Å²) in [5.41, 5.74) is 2.10. The molecule has 5 heteroatoms. The summed E-state index contributed by atoms with van der Waals surface area (Å²) in [6.07, 6.45) is 0.467. The highest BCUT2D eigenvalue weighted by Gasteiger charge is 2.32. The number of methoxy groups -OCH3 is 1. The van der Waals surface area contributed by atoms with Gasteiger partial charge in [-0.3, -0.25) is 0 Å². The van der Waals surface area contributed by atoms with E-state index in [1.807, 2.05) is 24.3 Å². The number of esters is 1. The van der Waals surface area contributed by atoms with Crippen LogP contribution in [0.5, 0.6) is 0 Å². The van der Waals surface area contributed by atoms with Crippen LogP contribution in [0.15, 0.2) is 29.6 Å². The number of hydrogen-bond acceptors (Lipinski definition) is 4. The Hall–Kier alpha value is -1.91. The van der Waals surface area contributed by atoms with Gasteiger partial charge in [0.1, 0.15) is 0 Å². The SMILES string of the molecule is COC(=O)C1Cc2ccccc2CN1N=O. The summed E-state index contributed by atoms with van der Waals surface area (Å²) in [5.74, 6) is -0.422. The van der Waals surface area contributed by atoms with E-state index in [0.29, 0.717) is 13.0 Å². The third kappa shape index (κ3) is 1.76. The second-order valence-corrected chi connectivity index (χ2v) is 3.69. The minimum atomic E-state index is -0.600. The van der Waals surface area contributed by atoms with E-state index in [-0.39, 0.29) is 0 Å². The highest BCUT2D eigenvalue weighted by Crippen LogP contribution is 2.23. The normalized spacial score (nSPS) is 18.8. The molecule has 0 aromatic heterocycles. The predicted molar refractivity (Wildman–Crippen MR) is 57.3 cm³/mol. The van der Waals surface area contributed by atoms with Crippen molar-refractivity contribution in [2.24, 2.45) is 5.29 Å². The molecule has 0 amide bonds. The smallest absolute Gasteiger partial charge is 0.330 e. The van der Waals surface area contributed by atoms with E-state index >= 15 is 0 Å². The summed E-state index contributed by atoms with van der Waals surface area (Å²) < 4.78 is 4.66. The number of ether oxygens (including phenoxy) is 1. The summed E-state index contributed by atoms with van der Waals surface area (Å²) >= 11 is 0. The second kappa shape index (κ2) is 4.30. The van der Waals surface area contributed by atoms with Crippen molar-refractivity contribution < 1.29 is 9.53 Å². The molecule has 84 valence electrons. The van der Waals surface area contributed by atoms with E-state index in [1.165, 1.54) is 12.1 Å². The fraction of sp³-hybridized carbons (Fsp3) is 0.364. The van der Waals surface area contributed by atoms with Gasteiger partial charge in [0, 0.05) is 6.42 Å². The fourth-order valence-electron chi connectivity index (χ4n) is 1.94. The van der Waals surface area contributed by atoms with E-state index in [4.69, 9.17) is 0 Å². The third-order valence-electron chi connectivity index (χ3n) is 2.80. The summed E-state index contributed by atoms with van der Waals surface area (Å²) in [5, 5.41) is 4.11. The van der Waals surface area contributed by atoms with Crippen LogP contribution in [0.4, 0.5) is 0 Å².